The van der Waals surface area contributed by atoms with Gasteiger partial charge in [-0.15, -0.1) is 0 Å². The van der Waals surface area contributed by atoms with Crippen molar-refractivity contribution in [2.45, 2.75) is 36.7 Å². The van der Waals surface area contributed by atoms with Crippen molar-refractivity contribution in [3.63, 3.8) is 0 Å². The molecule has 3 aromatic carbocycles. The minimum absolute atomic E-state index is 0.0187. The Balaban J connectivity index is 1.58. The Labute approximate surface area is 216 Å². The van der Waals surface area contributed by atoms with Gasteiger partial charge in [0.05, 0.1) is 24.1 Å². The third-order valence-electron chi connectivity index (χ3n) is 6.84. The van der Waals surface area contributed by atoms with Crippen LogP contribution in [-0.2, 0) is 25.2 Å². The van der Waals surface area contributed by atoms with Crippen molar-refractivity contribution in [3.8, 4) is 5.75 Å². The van der Waals surface area contributed by atoms with Gasteiger partial charge in [0.1, 0.15) is 5.75 Å². The van der Waals surface area contributed by atoms with Crippen molar-refractivity contribution >= 4 is 26.8 Å². The molecule has 37 heavy (non-hydrogen) atoms. The van der Waals surface area contributed by atoms with Crippen LogP contribution in [0.15, 0.2) is 83.8 Å². The molecule has 190 valence electrons. The number of aryl methyl sites for hydroxylation is 2. The van der Waals surface area contributed by atoms with Gasteiger partial charge in [0, 0.05) is 22.6 Å². The standard InChI is InChI=1S/C29H28N2O5S/c1-19-12-15-26(35-3)24(16-19)29(17-22(18-36-29)21-8-5-4-6-9-21)28(32)31-37(33,34)27-11-7-10-25-23(27)14-13-20(2)30-25/h4-16,22H,17-18H2,1-3H3,(H,31,32)/t22-,29-/m1/s1. The third kappa shape index (κ3) is 4.58. The Hall–Kier alpha value is -3.75. The molecule has 0 unspecified atom stereocenters. The Morgan fingerprint density at radius 3 is 2.57 bits per heavy atom. The van der Waals surface area contributed by atoms with Gasteiger partial charge in [-0.1, -0.05) is 48.0 Å². The third-order valence-corrected chi connectivity index (χ3v) is 8.23. The summed E-state index contributed by atoms with van der Waals surface area (Å²) in [6.07, 6.45) is 0.258. The van der Waals surface area contributed by atoms with E-state index in [4.69, 9.17) is 9.47 Å². The first-order valence-electron chi connectivity index (χ1n) is 12.0. The topological polar surface area (TPSA) is 94.6 Å². The maximum Gasteiger partial charge on any atom is 0.270 e. The number of nitrogens with one attached hydrogen (secondary N) is 1. The van der Waals surface area contributed by atoms with Gasteiger partial charge in [-0.2, -0.15) is 0 Å². The zero-order valence-electron chi connectivity index (χ0n) is 20.9. The van der Waals surface area contributed by atoms with E-state index in [2.05, 4.69) is 9.71 Å². The summed E-state index contributed by atoms with van der Waals surface area (Å²) in [5.74, 6) is -0.409. The lowest BCUT2D eigenvalue weighted by molar-refractivity contribution is -0.140. The molecule has 1 aliphatic rings. The van der Waals surface area contributed by atoms with E-state index in [1.54, 1.807) is 30.3 Å². The molecule has 1 fully saturated rings. The van der Waals surface area contributed by atoms with E-state index >= 15 is 0 Å². The number of pyridine rings is 1. The van der Waals surface area contributed by atoms with Crippen molar-refractivity contribution in [2.75, 3.05) is 13.7 Å². The number of aromatic nitrogens is 1. The number of hydrogen-bond acceptors (Lipinski definition) is 6. The molecule has 0 bridgehead atoms. The second kappa shape index (κ2) is 9.61. The molecule has 2 heterocycles. The van der Waals surface area contributed by atoms with E-state index in [0.717, 1.165) is 16.8 Å². The van der Waals surface area contributed by atoms with Crippen molar-refractivity contribution in [1.82, 2.24) is 9.71 Å². The number of carbonyl (C=O) groups is 1. The van der Waals surface area contributed by atoms with Crippen LogP contribution < -0.4 is 9.46 Å². The van der Waals surface area contributed by atoms with Crippen LogP contribution in [0.3, 0.4) is 0 Å². The average molecular weight is 517 g/mol. The van der Waals surface area contributed by atoms with Crippen LogP contribution in [0.5, 0.6) is 5.75 Å². The molecule has 7 nitrogen and oxygen atoms in total. The SMILES string of the molecule is COc1ccc(C)cc1[C@@]1(C(=O)NS(=O)(=O)c2cccc3nc(C)ccc23)C[C@@H](c2ccccc2)CO1. The van der Waals surface area contributed by atoms with Crippen LogP contribution >= 0.6 is 0 Å². The van der Waals surface area contributed by atoms with Gasteiger partial charge >= 0.3 is 0 Å². The van der Waals surface area contributed by atoms with Gasteiger partial charge in [0.2, 0.25) is 0 Å². The average Bonchev–Trinajstić information content (AvgIpc) is 3.35. The van der Waals surface area contributed by atoms with Crippen LogP contribution in [0.25, 0.3) is 10.9 Å². The number of rotatable bonds is 6. The van der Waals surface area contributed by atoms with E-state index in [0.29, 0.717) is 22.2 Å². The van der Waals surface area contributed by atoms with Crippen molar-refractivity contribution in [2.24, 2.45) is 0 Å². The fraction of sp³-hybridized carbons (Fsp3) is 0.241. The van der Waals surface area contributed by atoms with Gasteiger partial charge < -0.3 is 9.47 Å². The van der Waals surface area contributed by atoms with Gasteiger partial charge in [0.15, 0.2) is 5.60 Å². The van der Waals surface area contributed by atoms with Crippen molar-refractivity contribution < 1.29 is 22.7 Å². The molecular formula is C29H28N2O5S. The van der Waals surface area contributed by atoms with E-state index in [1.165, 1.54) is 13.2 Å². The lowest BCUT2D eigenvalue weighted by Crippen LogP contribution is -2.46. The maximum atomic E-state index is 14.0. The first-order chi connectivity index (χ1) is 17.7. The van der Waals surface area contributed by atoms with Gasteiger partial charge in [0.25, 0.3) is 15.9 Å². The molecule has 8 heteroatoms. The molecule has 2 atom stereocenters. The molecule has 1 N–H and O–H groups in total. The highest BCUT2D eigenvalue weighted by Crippen LogP contribution is 2.47. The zero-order chi connectivity index (χ0) is 26.2. The molecule has 0 saturated carbocycles. The number of nitrogens with zero attached hydrogens (tertiary/aromatic N) is 1. The fourth-order valence-electron chi connectivity index (χ4n) is 4.98. The summed E-state index contributed by atoms with van der Waals surface area (Å²) >= 11 is 0. The molecule has 4 aromatic rings. The monoisotopic (exact) mass is 516 g/mol. The molecule has 1 saturated heterocycles. The predicted octanol–water partition coefficient (Wildman–Crippen LogP) is 4.76. The van der Waals surface area contributed by atoms with Crippen LogP contribution in [0, 0.1) is 13.8 Å². The highest BCUT2D eigenvalue weighted by molar-refractivity contribution is 7.90. The lowest BCUT2D eigenvalue weighted by Gasteiger charge is -2.29. The summed E-state index contributed by atoms with van der Waals surface area (Å²) in [4.78, 5) is 18.4. The normalized spacial score (nSPS) is 19.6. The van der Waals surface area contributed by atoms with Crippen LogP contribution in [0.4, 0.5) is 0 Å². The summed E-state index contributed by atoms with van der Waals surface area (Å²) < 4.78 is 41.4. The molecule has 0 aliphatic carbocycles. The highest BCUT2D eigenvalue weighted by atomic mass is 32.2. The summed E-state index contributed by atoms with van der Waals surface area (Å²) in [7, 11) is -2.74. The van der Waals surface area contributed by atoms with E-state index in [1.807, 2.05) is 56.3 Å². The summed E-state index contributed by atoms with van der Waals surface area (Å²) in [5.41, 5.74) is 2.14. The molecule has 1 aromatic heterocycles. The number of sulfonamides is 1. The maximum absolute atomic E-state index is 14.0. The molecule has 0 spiro atoms. The lowest BCUT2D eigenvalue weighted by atomic mass is 9.83. The van der Waals surface area contributed by atoms with E-state index < -0.39 is 21.5 Å². The fourth-order valence-corrected chi connectivity index (χ4v) is 6.21. The zero-order valence-corrected chi connectivity index (χ0v) is 21.7. The molecule has 1 aliphatic heterocycles. The second-order valence-electron chi connectivity index (χ2n) is 9.36. The molecular weight excluding hydrogens is 488 g/mol. The molecule has 5 rings (SSSR count). The molecule has 0 radical (unpaired) electrons. The minimum atomic E-state index is -4.25. The quantitative estimate of drug-likeness (QED) is 0.397. The van der Waals surface area contributed by atoms with Gasteiger partial charge in [-0.05, 0) is 62.2 Å². The Morgan fingerprint density at radius 2 is 1.81 bits per heavy atom. The summed E-state index contributed by atoms with van der Waals surface area (Å²) in [6, 6.07) is 23.5. The number of benzene rings is 3. The van der Waals surface area contributed by atoms with E-state index in [9.17, 15) is 13.2 Å². The number of amides is 1. The second-order valence-corrected chi connectivity index (χ2v) is 11.0. The highest BCUT2D eigenvalue weighted by Gasteiger charge is 2.51. The predicted molar refractivity (Wildman–Crippen MR) is 141 cm³/mol. The van der Waals surface area contributed by atoms with E-state index in [-0.39, 0.29) is 23.8 Å². The van der Waals surface area contributed by atoms with Gasteiger partial charge in [-0.3, -0.25) is 9.78 Å². The minimum Gasteiger partial charge on any atom is -0.496 e. The van der Waals surface area contributed by atoms with Crippen LogP contribution in [0.1, 0.15) is 34.7 Å². The van der Waals surface area contributed by atoms with Crippen molar-refractivity contribution in [3.05, 3.63) is 101 Å². The smallest absolute Gasteiger partial charge is 0.270 e. The number of hydrogen-bond donors (Lipinski definition) is 1. The first-order valence-corrected chi connectivity index (χ1v) is 13.5. The Morgan fingerprint density at radius 1 is 1.03 bits per heavy atom. The summed E-state index contributed by atoms with van der Waals surface area (Å²) in [5, 5.41) is 0.435. The van der Waals surface area contributed by atoms with Crippen molar-refractivity contribution in [1.29, 1.82) is 0 Å². The number of fused-ring (bicyclic) bond motifs is 1. The number of methoxy groups -OCH3 is 1. The van der Waals surface area contributed by atoms with Gasteiger partial charge in [-0.25, -0.2) is 13.1 Å². The molecule has 1 amide bonds. The number of ether oxygens (including phenoxy) is 2. The summed E-state index contributed by atoms with van der Waals surface area (Å²) in [6.45, 7) is 3.99. The van der Waals surface area contributed by atoms with Crippen LogP contribution in [-0.4, -0.2) is 33.0 Å². The largest absolute Gasteiger partial charge is 0.496 e. The Bertz CT molecular complexity index is 1590. The first kappa shape index (κ1) is 24.9. The van der Waals surface area contributed by atoms with Crippen LogP contribution in [0.2, 0.25) is 0 Å². The number of carbonyl (C=O) groups excluding carboxylic acids is 1. The Kier molecular flexibility index (Phi) is 6.47.